The number of hydrogen-bond acceptors (Lipinski definition) is 5. The molecule has 172 valence electrons. The minimum Gasteiger partial charge on any atom is -0.481 e. The van der Waals surface area contributed by atoms with Crippen LogP contribution in [-0.4, -0.2) is 25.6 Å². The fourth-order valence-electron chi connectivity index (χ4n) is 2.97. The Hall–Kier alpha value is -3.46. The minimum atomic E-state index is -4.37. The smallest absolute Gasteiger partial charge is 0.416 e. The highest BCUT2D eigenvalue weighted by molar-refractivity contribution is 7.98. The Morgan fingerprint density at radius 2 is 1.70 bits per heavy atom. The molecule has 9 heteroatoms. The predicted molar refractivity (Wildman–Crippen MR) is 119 cm³/mol. The number of methoxy groups -OCH3 is 1. The van der Waals surface area contributed by atoms with Gasteiger partial charge >= 0.3 is 12.1 Å². The van der Waals surface area contributed by atoms with Crippen LogP contribution in [0.1, 0.15) is 21.5 Å². The van der Waals surface area contributed by atoms with Gasteiger partial charge < -0.3 is 15.2 Å². The first kappa shape index (κ1) is 24.2. The van der Waals surface area contributed by atoms with E-state index in [4.69, 9.17) is 10.5 Å². The number of ether oxygens (including phenoxy) is 2. The van der Waals surface area contributed by atoms with E-state index in [1.165, 1.54) is 31.0 Å². The maximum absolute atomic E-state index is 12.8. The third kappa shape index (κ3) is 6.52. The van der Waals surface area contributed by atoms with Crippen LogP contribution < -0.4 is 10.5 Å². The van der Waals surface area contributed by atoms with Gasteiger partial charge in [0.1, 0.15) is 5.75 Å². The molecule has 0 heterocycles. The Bertz CT molecular complexity index is 1150. The van der Waals surface area contributed by atoms with E-state index >= 15 is 0 Å². The quantitative estimate of drug-likeness (QED) is 0.353. The van der Waals surface area contributed by atoms with Crippen LogP contribution in [-0.2, 0) is 21.5 Å². The number of thioether (sulfide) groups is 1. The van der Waals surface area contributed by atoms with Crippen molar-refractivity contribution in [3.05, 3.63) is 83.4 Å². The molecule has 0 atom stereocenters. The van der Waals surface area contributed by atoms with Crippen LogP contribution >= 0.6 is 11.8 Å². The molecule has 3 rings (SSSR count). The zero-order valence-corrected chi connectivity index (χ0v) is 18.3. The van der Waals surface area contributed by atoms with Crippen LogP contribution in [0.2, 0.25) is 0 Å². The van der Waals surface area contributed by atoms with E-state index in [2.05, 4.69) is 4.74 Å². The van der Waals surface area contributed by atoms with Crippen LogP contribution in [0, 0.1) is 0 Å². The molecule has 0 aliphatic carbocycles. The maximum atomic E-state index is 12.8. The molecule has 0 saturated carbocycles. The zero-order valence-electron chi connectivity index (χ0n) is 17.5. The fraction of sp³-hybridized carbons (Fsp3) is 0.167. The summed E-state index contributed by atoms with van der Waals surface area (Å²) in [6.45, 7) is -0.347. The Morgan fingerprint density at radius 3 is 2.33 bits per heavy atom. The van der Waals surface area contributed by atoms with Gasteiger partial charge in [-0.05, 0) is 47.0 Å². The highest BCUT2D eigenvalue weighted by Crippen LogP contribution is 2.32. The molecule has 0 radical (unpaired) electrons. The first-order valence-electron chi connectivity index (χ1n) is 9.70. The van der Waals surface area contributed by atoms with Crippen molar-refractivity contribution in [2.24, 2.45) is 5.73 Å². The highest BCUT2D eigenvalue weighted by atomic mass is 32.2. The van der Waals surface area contributed by atoms with Gasteiger partial charge in [-0.15, -0.1) is 11.8 Å². The van der Waals surface area contributed by atoms with Crippen molar-refractivity contribution < 1.29 is 32.2 Å². The number of halogens is 3. The number of hydrogen-bond donors (Lipinski definition) is 1. The van der Waals surface area contributed by atoms with Gasteiger partial charge in [-0.2, -0.15) is 13.2 Å². The largest absolute Gasteiger partial charge is 0.481 e. The summed E-state index contributed by atoms with van der Waals surface area (Å²) in [6, 6.07) is 17.4. The van der Waals surface area contributed by atoms with E-state index in [9.17, 15) is 22.8 Å². The van der Waals surface area contributed by atoms with Crippen molar-refractivity contribution >= 4 is 23.6 Å². The molecule has 0 spiro atoms. The number of amides is 1. The highest BCUT2D eigenvalue weighted by Gasteiger charge is 2.29. The van der Waals surface area contributed by atoms with Gasteiger partial charge in [0.05, 0.1) is 18.2 Å². The lowest BCUT2D eigenvalue weighted by Crippen LogP contribution is -2.17. The Morgan fingerprint density at radius 1 is 0.970 bits per heavy atom. The Labute approximate surface area is 192 Å². The van der Waals surface area contributed by atoms with E-state index in [1.807, 2.05) is 24.3 Å². The average molecular weight is 475 g/mol. The number of benzene rings is 3. The number of nitrogens with two attached hydrogens (primary N) is 1. The molecule has 33 heavy (non-hydrogen) atoms. The molecule has 5 nitrogen and oxygen atoms in total. The molecule has 0 aromatic heterocycles. The number of carbonyl (C=O) groups is 2. The standard InChI is InChI=1S/C24H20F3NO4S/c1-31-22(29)13-32-21-10-9-19(12-20(21)23(28)30)33-14-15-3-2-4-17(11-15)16-5-7-18(8-6-16)24(25,26)27/h2-12H,13-14H2,1H3,(H2,28,30). The van der Waals surface area contributed by atoms with Gasteiger partial charge in [0.15, 0.2) is 6.61 Å². The van der Waals surface area contributed by atoms with Crippen LogP contribution in [0.4, 0.5) is 13.2 Å². The van der Waals surface area contributed by atoms with E-state index in [-0.39, 0.29) is 17.9 Å². The first-order chi connectivity index (χ1) is 15.7. The van der Waals surface area contributed by atoms with Crippen molar-refractivity contribution in [1.82, 2.24) is 0 Å². The Balaban J connectivity index is 1.71. The summed E-state index contributed by atoms with van der Waals surface area (Å²) < 4.78 is 48.2. The molecule has 3 aromatic rings. The van der Waals surface area contributed by atoms with Gasteiger partial charge in [0, 0.05) is 10.6 Å². The van der Waals surface area contributed by atoms with Gasteiger partial charge in [0.2, 0.25) is 0 Å². The summed E-state index contributed by atoms with van der Waals surface area (Å²) in [5.74, 6) is -0.547. The van der Waals surface area contributed by atoms with Gasteiger partial charge in [-0.1, -0.05) is 36.4 Å². The number of esters is 1. The second-order valence-corrected chi connectivity index (χ2v) is 8.00. The average Bonchev–Trinajstić information content (AvgIpc) is 2.81. The summed E-state index contributed by atoms with van der Waals surface area (Å²) in [5, 5.41) is 0. The molecule has 1 amide bonds. The molecule has 0 fully saturated rings. The molecular formula is C24H20F3NO4S. The number of rotatable bonds is 8. The Kier molecular flexibility index (Phi) is 7.65. The normalized spacial score (nSPS) is 11.2. The van der Waals surface area contributed by atoms with Crippen molar-refractivity contribution in [3.8, 4) is 16.9 Å². The lowest BCUT2D eigenvalue weighted by molar-refractivity contribution is -0.143. The second kappa shape index (κ2) is 10.4. The van der Waals surface area contributed by atoms with Gasteiger partial charge in [0.25, 0.3) is 5.91 Å². The summed E-state index contributed by atoms with van der Waals surface area (Å²) in [4.78, 5) is 23.8. The number of primary amides is 1. The van der Waals surface area contributed by atoms with E-state index < -0.39 is 23.6 Å². The third-order valence-corrected chi connectivity index (χ3v) is 5.73. The minimum absolute atomic E-state index is 0.141. The second-order valence-electron chi connectivity index (χ2n) is 6.95. The maximum Gasteiger partial charge on any atom is 0.416 e. The fourth-order valence-corrected chi connectivity index (χ4v) is 3.85. The summed E-state index contributed by atoms with van der Waals surface area (Å²) in [6.07, 6.45) is -4.37. The van der Waals surface area contributed by atoms with Crippen molar-refractivity contribution in [2.75, 3.05) is 13.7 Å². The zero-order chi connectivity index (χ0) is 24.0. The lowest BCUT2D eigenvalue weighted by atomic mass is 10.0. The molecular weight excluding hydrogens is 455 g/mol. The predicted octanol–water partition coefficient (Wildman–Crippen LogP) is 5.32. The summed E-state index contributed by atoms with van der Waals surface area (Å²) in [5.41, 5.74) is 7.31. The van der Waals surface area contributed by atoms with Gasteiger partial charge in [-0.3, -0.25) is 4.79 Å². The van der Waals surface area contributed by atoms with Crippen molar-refractivity contribution in [2.45, 2.75) is 16.8 Å². The van der Waals surface area contributed by atoms with E-state index in [1.54, 1.807) is 18.2 Å². The van der Waals surface area contributed by atoms with Crippen LogP contribution in [0.25, 0.3) is 11.1 Å². The first-order valence-corrected chi connectivity index (χ1v) is 10.7. The van der Waals surface area contributed by atoms with Crippen molar-refractivity contribution in [3.63, 3.8) is 0 Å². The van der Waals surface area contributed by atoms with Crippen molar-refractivity contribution in [1.29, 1.82) is 0 Å². The number of carbonyl (C=O) groups excluding carboxylic acids is 2. The van der Waals surface area contributed by atoms with Crippen LogP contribution in [0.3, 0.4) is 0 Å². The van der Waals surface area contributed by atoms with Crippen LogP contribution in [0.15, 0.2) is 71.6 Å². The third-order valence-electron chi connectivity index (χ3n) is 4.67. The lowest BCUT2D eigenvalue weighted by Gasteiger charge is -2.11. The number of alkyl halides is 3. The summed E-state index contributed by atoms with van der Waals surface area (Å²) in [7, 11) is 1.23. The SMILES string of the molecule is COC(=O)COc1ccc(SCc2cccc(-c3ccc(C(F)(F)F)cc3)c2)cc1C(N)=O. The molecule has 2 N–H and O–H groups in total. The van der Waals surface area contributed by atoms with Gasteiger partial charge in [-0.25, -0.2) is 4.79 Å². The molecule has 0 unspecified atom stereocenters. The molecule has 0 saturated heterocycles. The summed E-state index contributed by atoms with van der Waals surface area (Å²) >= 11 is 1.45. The topological polar surface area (TPSA) is 78.6 Å². The van der Waals surface area contributed by atoms with E-state index in [0.29, 0.717) is 11.3 Å². The van der Waals surface area contributed by atoms with Crippen LogP contribution in [0.5, 0.6) is 5.75 Å². The van der Waals surface area contributed by atoms with E-state index in [0.717, 1.165) is 28.2 Å². The molecule has 3 aromatic carbocycles. The monoisotopic (exact) mass is 475 g/mol. The molecule has 0 bridgehead atoms. The molecule has 0 aliphatic heterocycles. The molecule has 0 aliphatic rings.